The molecule has 0 bridgehead atoms. The van der Waals surface area contributed by atoms with E-state index in [-0.39, 0.29) is 18.6 Å². The first-order valence-corrected chi connectivity index (χ1v) is 8.90. The van der Waals surface area contributed by atoms with Crippen LogP contribution in [0.25, 0.3) is 0 Å². The molecule has 1 amide bonds. The van der Waals surface area contributed by atoms with Gasteiger partial charge in [-0.15, -0.1) is 11.3 Å². The molecule has 3 aromatic rings. The van der Waals surface area contributed by atoms with Crippen LogP contribution in [0.2, 0.25) is 0 Å². The Kier molecular flexibility index (Phi) is 5.57. The Morgan fingerprint density at radius 1 is 1.36 bits per heavy atom. The highest BCUT2D eigenvalue weighted by Gasteiger charge is 2.26. The van der Waals surface area contributed by atoms with Crippen LogP contribution in [0.15, 0.2) is 48.2 Å². The molecule has 0 saturated carbocycles. The van der Waals surface area contributed by atoms with Crippen molar-refractivity contribution < 1.29 is 9.90 Å². The second-order valence-electron chi connectivity index (χ2n) is 5.79. The molecule has 0 saturated heterocycles. The molecule has 0 spiro atoms. The summed E-state index contributed by atoms with van der Waals surface area (Å²) in [6.45, 7) is 2.15. The Morgan fingerprint density at radius 3 is 2.76 bits per heavy atom. The molecule has 7 heteroatoms. The van der Waals surface area contributed by atoms with Crippen molar-refractivity contribution in [2.45, 2.75) is 25.9 Å². The number of aromatic nitrogens is 3. The number of aryl methyl sites for hydroxylation is 1. The largest absolute Gasteiger partial charge is 0.394 e. The lowest BCUT2D eigenvalue weighted by Gasteiger charge is -2.30. The van der Waals surface area contributed by atoms with E-state index in [1.165, 1.54) is 11.3 Å². The van der Waals surface area contributed by atoms with Crippen LogP contribution < -0.4 is 0 Å². The van der Waals surface area contributed by atoms with Crippen LogP contribution in [-0.2, 0) is 13.0 Å². The van der Waals surface area contributed by atoms with Gasteiger partial charge in [0.15, 0.2) is 0 Å². The molecule has 130 valence electrons. The summed E-state index contributed by atoms with van der Waals surface area (Å²) < 4.78 is 0. The molecule has 2 aromatic heterocycles. The lowest BCUT2D eigenvalue weighted by Crippen LogP contribution is -2.43. The van der Waals surface area contributed by atoms with E-state index in [1.54, 1.807) is 22.8 Å². The summed E-state index contributed by atoms with van der Waals surface area (Å²) in [6, 6.07) is 9.39. The van der Waals surface area contributed by atoms with Gasteiger partial charge in [-0.2, -0.15) is 0 Å². The fourth-order valence-corrected chi connectivity index (χ4v) is 3.27. The van der Waals surface area contributed by atoms with Crippen molar-refractivity contribution in [2.75, 3.05) is 6.61 Å². The van der Waals surface area contributed by atoms with E-state index in [0.29, 0.717) is 18.7 Å². The summed E-state index contributed by atoms with van der Waals surface area (Å²) in [5, 5.41) is 12.5. The lowest BCUT2D eigenvalue weighted by atomic mass is 10.1. The number of nitrogens with zero attached hydrogens (tertiary/aromatic N) is 3. The van der Waals surface area contributed by atoms with Crippen molar-refractivity contribution in [1.29, 1.82) is 0 Å². The molecule has 2 N–H and O–H groups in total. The number of aliphatic hydroxyl groups excluding tert-OH is 1. The Morgan fingerprint density at radius 2 is 2.16 bits per heavy atom. The third kappa shape index (κ3) is 4.32. The maximum Gasteiger partial charge on any atom is 0.273 e. The maximum absolute atomic E-state index is 13.0. The monoisotopic (exact) mass is 356 g/mol. The highest BCUT2D eigenvalue weighted by molar-refractivity contribution is 7.09. The van der Waals surface area contributed by atoms with Gasteiger partial charge in [-0.05, 0) is 12.5 Å². The zero-order valence-corrected chi connectivity index (χ0v) is 14.7. The van der Waals surface area contributed by atoms with Gasteiger partial charge in [0.2, 0.25) is 0 Å². The average Bonchev–Trinajstić information content (AvgIpc) is 3.30. The van der Waals surface area contributed by atoms with Crippen molar-refractivity contribution >= 4 is 17.2 Å². The van der Waals surface area contributed by atoms with Gasteiger partial charge < -0.3 is 15.0 Å². The smallest absolute Gasteiger partial charge is 0.273 e. The van der Waals surface area contributed by atoms with Crippen LogP contribution in [0, 0.1) is 6.92 Å². The van der Waals surface area contributed by atoms with Crippen molar-refractivity contribution in [3.63, 3.8) is 0 Å². The molecule has 6 nitrogen and oxygen atoms in total. The third-order valence-corrected chi connectivity index (χ3v) is 4.73. The highest BCUT2D eigenvalue weighted by atomic mass is 32.1. The molecule has 1 unspecified atom stereocenters. The molecule has 0 fully saturated rings. The number of nitrogens with one attached hydrogen (secondary N) is 1. The van der Waals surface area contributed by atoms with E-state index >= 15 is 0 Å². The summed E-state index contributed by atoms with van der Waals surface area (Å²) in [4.78, 5) is 26.1. The minimum Gasteiger partial charge on any atom is -0.394 e. The number of H-pyrrole nitrogens is 1. The number of carbonyl (C=O) groups excluding carboxylic acids is 1. The second-order valence-corrected chi connectivity index (χ2v) is 6.85. The predicted octanol–water partition coefficient (Wildman–Crippen LogP) is 2.42. The summed E-state index contributed by atoms with van der Waals surface area (Å²) in [5.74, 6) is -0.174. The Hall–Kier alpha value is -2.51. The van der Waals surface area contributed by atoms with Crippen LogP contribution in [0.4, 0.5) is 0 Å². The zero-order valence-electron chi connectivity index (χ0n) is 13.9. The normalized spacial score (nSPS) is 12.1. The van der Waals surface area contributed by atoms with E-state index in [9.17, 15) is 9.90 Å². The first kappa shape index (κ1) is 17.3. The number of hydrogen-bond donors (Lipinski definition) is 2. The molecular formula is C18H20N4O2S. The van der Waals surface area contributed by atoms with Crippen LogP contribution in [0.3, 0.4) is 0 Å². The van der Waals surface area contributed by atoms with Gasteiger partial charge in [0.05, 0.1) is 24.0 Å². The van der Waals surface area contributed by atoms with Crippen molar-refractivity contribution in [3.8, 4) is 0 Å². The number of rotatable bonds is 7. The summed E-state index contributed by atoms with van der Waals surface area (Å²) >= 11 is 1.44. The topological polar surface area (TPSA) is 82.1 Å². The molecule has 0 aliphatic carbocycles. The van der Waals surface area contributed by atoms with Gasteiger partial charge in [-0.25, -0.2) is 9.97 Å². The summed E-state index contributed by atoms with van der Waals surface area (Å²) in [6.07, 6.45) is 3.80. The van der Waals surface area contributed by atoms with Gasteiger partial charge in [-0.3, -0.25) is 4.79 Å². The minimum atomic E-state index is -0.366. The first-order valence-electron chi connectivity index (χ1n) is 8.02. The quantitative estimate of drug-likeness (QED) is 0.681. The van der Waals surface area contributed by atoms with Gasteiger partial charge in [0.25, 0.3) is 5.91 Å². The van der Waals surface area contributed by atoms with E-state index in [1.807, 2.05) is 37.3 Å². The number of aliphatic hydroxyl groups is 1. The SMILES string of the molecule is Cc1nc(C(=O)N(Cc2ccccc2)C(CO)Cc2cnc[nH]2)cs1. The summed E-state index contributed by atoms with van der Waals surface area (Å²) in [5.41, 5.74) is 2.30. The van der Waals surface area contributed by atoms with E-state index in [2.05, 4.69) is 15.0 Å². The minimum absolute atomic E-state index is 0.138. The van der Waals surface area contributed by atoms with Gasteiger partial charge in [0.1, 0.15) is 5.69 Å². The number of benzene rings is 1. The first-order chi connectivity index (χ1) is 12.2. The van der Waals surface area contributed by atoms with E-state index in [4.69, 9.17) is 0 Å². The Labute approximate surface area is 150 Å². The molecule has 3 rings (SSSR count). The van der Waals surface area contributed by atoms with Gasteiger partial charge in [0, 0.05) is 30.2 Å². The molecule has 0 aliphatic heterocycles. The van der Waals surface area contributed by atoms with Crippen molar-refractivity contribution in [2.24, 2.45) is 0 Å². The third-order valence-electron chi connectivity index (χ3n) is 3.96. The van der Waals surface area contributed by atoms with Crippen LogP contribution in [0.1, 0.15) is 26.8 Å². The zero-order chi connectivity index (χ0) is 17.6. The standard InChI is InChI=1S/C18H20N4O2S/c1-13-21-17(11-25-13)18(24)22(9-14-5-3-2-4-6-14)16(10-23)7-15-8-19-12-20-15/h2-6,8,11-12,16,23H,7,9-10H2,1H3,(H,19,20). The summed E-state index contributed by atoms with van der Waals surface area (Å²) in [7, 11) is 0. The molecule has 1 aromatic carbocycles. The lowest BCUT2D eigenvalue weighted by molar-refractivity contribution is 0.0564. The number of imidazole rings is 1. The number of hydrogen-bond acceptors (Lipinski definition) is 5. The number of carbonyl (C=O) groups is 1. The number of aromatic amines is 1. The molecule has 1 atom stereocenters. The molecule has 2 heterocycles. The predicted molar refractivity (Wildman–Crippen MR) is 96.3 cm³/mol. The average molecular weight is 356 g/mol. The van der Waals surface area contributed by atoms with Crippen LogP contribution >= 0.6 is 11.3 Å². The molecule has 0 aliphatic rings. The van der Waals surface area contributed by atoms with E-state index in [0.717, 1.165) is 16.3 Å². The Bertz CT molecular complexity index is 802. The number of amides is 1. The van der Waals surface area contributed by atoms with Crippen molar-refractivity contribution in [1.82, 2.24) is 19.9 Å². The van der Waals surface area contributed by atoms with E-state index < -0.39 is 0 Å². The highest BCUT2D eigenvalue weighted by Crippen LogP contribution is 2.17. The van der Waals surface area contributed by atoms with Crippen molar-refractivity contribution in [3.05, 3.63) is 70.2 Å². The second kappa shape index (κ2) is 8.04. The van der Waals surface area contributed by atoms with Gasteiger partial charge in [-0.1, -0.05) is 30.3 Å². The molecular weight excluding hydrogens is 336 g/mol. The van der Waals surface area contributed by atoms with Gasteiger partial charge >= 0.3 is 0 Å². The fourth-order valence-electron chi connectivity index (χ4n) is 2.68. The molecule has 25 heavy (non-hydrogen) atoms. The molecule has 0 radical (unpaired) electrons. The van der Waals surface area contributed by atoms with Crippen LogP contribution in [-0.4, -0.2) is 43.5 Å². The maximum atomic E-state index is 13.0. The van der Waals surface area contributed by atoms with Crippen LogP contribution in [0.5, 0.6) is 0 Å². The number of thiazole rings is 1. The fraction of sp³-hybridized carbons (Fsp3) is 0.278. The Balaban J connectivity index is 1.87.